The number of hydrogen-bond acceptors (Lipinski definition) is 3. The summed E-state index contributed by atoms with van der Waals surface area (Å²) < 4.78 is 0. The van der Waals surface area contributed by atoms with Crippen molar-refractivity contribution in [1.82, 2.24) is 5.32 Å². The largest absolute Gasteiger partial charge is 0.326 e. The lowest BCUT2D eigenvalue weighted by Gasteiger charge is -2.11. The smallest absolute Gasteiger partial charge is 0.225 e. The first kappa shape index (κ1) is 14.5. The highest BCUT2D eigenvalue weighted by Crippen LogP contribution is 2.21. The van der Waals surface area contributed by atoms with Crippen molar-refractivity contribution in [3.05, 3.63) is 23.8 Å². The number of benzene rings is 1. The van der Waals surface area contributed by atoms with Crippen LogP contribution in [0.1, 0.15) is 31.7 Å². The predicted molar refractivity (Wildman–Crippen MR) is 79.8 cm³/mol. The van der Waals surface area contributed by atoms with Crippen LogP contribution in [0.5, 0.6) is 0 Å². The van der Waals surface area contributed by atoms with E-state index in [9.17, 15) is 9.59 Å². The zero-order valence-corrected chi connectivity index (χ0v) is 12.0. The lowest BCUT2D eigenvalue weighted by atomic mass is 10.1. The molecular weight excluding hydrogens is 254 g/mol. The van der Waals surface area contributed by atoms with E-state index >= 15 is 0 Å². The maximum atomic E-state index is 11.9. The fraction of sp³-hybridized carbons (Fsp3) is 0.467. The second kappa shape index (κ2) is 6.52. The summed E-state index contributed by atoms with van der Waals surface area (Å²) >= 11 is 0. The van der Waals surface area contributed by atoms with Crippen LogP contribution in [0.15, 0.2) is 18.2 Å². The zero-order valence-electron chi connectivity index (χ0n) is 12.0. The molecule has 1 aromatic carbocycles. The van der Waals surface area contributed by atoms with E-state index in [0.717, 1.165) is 11.3 Å². The van der Waals surface area contributed by atoms with Crippen LogP contribution in [0.2, 0.25) is 0 Å². The normalized spacial score (nSPS) is 13.9. The maximum Gasteiger partial charge on any atom is 0.225 e. The summed E-state index contributed by atoms with van der Waals surface area (Å²) in [7, 11) is 0. The Morgan fingerprint density at radius 2 is 2.00 bits per heavy atom. The van der Waals surface area contributed by atoms with E-state index in [4.69, 9.17) is 0 Å². The van der Waals surface area contributed by atoms with Crippen LogP contribution in [0, 0.1) is 6.92 Å². The van der Waals surface area contributed by atoms with Gasteiger partial charge >= 0.3 is 0 Å². The molecule has 5 nitrogen and oxygen atoms in total. The van der Waals surface area contributed by atoms with E-state index in [0.29, 0.717) is 24.7 Å². The maximum absolute atomic E-state index is 11.9. The molecule has 1 saturated carbocycles. The number of rotatable bonds is 6. The first-order chi connectivity index (χ1) is 9.54. The molecule has 1 aliphatic rings. The van der Waals surface area contributed by atoms with Crippen LogP contribution in [0.3, 0.4) is 0 Å². The van der Waals surface area contributed by atoms with E-state index in [-0.39, 0.29) is 11.8 Å². The van der Waals surface area contributed by atoms with E-state index in [2.05, 4.69) is 16.0 Å². The fourth-order valence-corrected chi connectivity index (χ4v) is 1.93. The van der Waals surface area contributed by atoms with Crippen molar-refractivity contribution in [2.75, 3.05) is 17.2 Å². The molecule has 0 bridgehead atoms. The Labute approximate surface area is 119 Å². The van der Waals surface area contributed by atoms with Gasteiger partial charge in [-0.15, -0.1) is 0 Å². The summed E-state index contributed by atoms with van der Waals surface area (Å²) in [6.07, 6.45) is 2.90. The summed E-state index contributed by atoms with van der Waals surface area (Å²) in [6, 6.07) is 6.10. The number of aryl methyl sites for hydroxylation is 1. The summed E-state index contributed by atoms with van der Waals surface area (Å²) in [5.74, 6) is -0.138. The van der Waals surface area contributed by atoms with Gasteiger partial charge in [-0.3, -0.25) is 9.59 Å². The molecule has 0 unspecified atom stereocenters. The SMILES string of the molecule is CC(=O)Nc1ccc(C)c(NC(=O)CCNC2CC2)c1. The third-order valence-electron chi connectivity index (χ3n) is 3.19. The second-order valence-electron chi connectivity index (χ2n) is 5.24. The highest BCUT2D eigenvalue weighted by atomic mass is 16.2. The van der Waals surface area contributed by atoms with Crippen molar-refractivity contribution < 1.29 is 9.59 Å². The van der Waals surface area contributed by atoms with E-state index in [1.54, 1.807) is 6.07 Å². The highest BCUT2D eigenvalue weighted by molar-refractivity contribution is 5.94. The van der Waals surface area contributed by atoms with Gasteiger partial charge in [0.2, 0.25) is 11.8 Å². The number of carbonyl (C=O) groups is 2. The Morgan fingerprint density at radius 3 is 2.65 bits per heavy atom. The van der Waals surface area contributed by atoms with E-state index in [1.807, 2.05) is 19.1 Å². The average Bonchev–Trinajstić information content (AvgIpc) is 3.17. The lowest BCUT2D eigenvalue weighted by molar-refractivity contribution is -0.116. The lowest BCUT2D eigenvalue weighted by Crippen LogP contribution is -2.23. The zero-order chi connectivity index (χ0) is 14.5. The quantitative estimate of drug-likeness (QED) is 0.744. The monoisotopic (exact) mass is 275 g/mol. The topological polar surface area (TPSA) is 70.2 Å². The molecule has 1 aliphatic carbocycles. The minimum atomic E-state index is -0.125. The first-order valence-corrected chi connectivity index (χ1v) is 6.96. The van der Waals surface area contributed by atoms with Gasteiger partial charge in [-0.1, -0.05) is 6.07 Å². The Balaban J connectivity index is 1.88. The number of hydrogen-bond donors (Lipinski definition) is 3. The van der Waals surface area contributed by atoms with Crippen LogP contribution in [-0.2, 0) is 9.59 Å². The van der Waals surface area contributed by atoms with Gasteiger partial charge in [-0.25, -0.2) is 0 Å². The van der Waals surface area contributed by atoms with Gasteiger partial charge < -0.3 is 16.0 Å². The molecule has 2 rings (SSSR count). The van der Waals surface area contributed by atoms with Crippen LogP contribution in [0.4, 0.5) is 11.4 Å². The predicted octanol–water partition coefficient (Wildman–Crippen LogP) is 2.03. The van der Waals surface area contributed by atoms with Gasteiger partial charge in [0.15, 0.2) is 0 Å². The van der Waals surface area contributed by atoms with Gasteiger partial charge in [-0.2, -0.15) is 0 Å². The molecule has 5 heteroatoms. The molecular formula is C15H21N3O2. The summed E-state index contributed by atoms with van der Waals surface area (Å²) in [5, 5.41) is 8.90. The van der Waals surface area contributed by atoms with Gasteiger partial charge in [0, 0.05) is 37.3 Å². The standard InChI is InChI=1S/C15H21N3O2/c1-10-3-4-13(17-11(2)19)9-14(10)18-15(20)7-8-16-12-5-6-12/h3-4,9,12,16H,5-8H2,1-2H3,(H,17,19)(H,18,20). The number of anilines is 2. The number of carbonyl (C=O) groups excluding carboxylic acids is 2. The number of nitrogens with one attached hydrogen (secondary N) is 3. The third kappa shape index (κ3) is 4.66. The van der Waals surface area contributed by atoms with Crippen LogP contribution < -0.4 is 16.0 Å². The van der Waals surface area contributed by atoms with Crippen molar-refractivity contribution in [3.63, 3.8) is 0 Å². The van der Waals surface area contributed by atoms with Crippen molar-refractivity contribution in [2.24, 2.45) is 0 Å². The Hall–Kier alpha value is -1.88. The van der Waals surface area contributed by atoms with Gasteiger partial charge in [0.05, 0.1) is 0 Å². The summed E-state index contributed by atoms with van der Waals surface area (Å²) in [5.41, 5.74) is 2.41. The van der Waals surface area contributed by atoms with Crippen LogP contribution >= 0.6 is 0 Å². The van der Waals surface area contributed by atoms with Crippen molar-refractivity contribution in [3.8, 4) is 0 Å². The molecule has 1 aromatic rings. The molecule has 0 atom stereocenters. The van der Waals surface area contributed by atoms with Gasteiger partial charge in [0.1, 0.15) is 0 Å². The molecule has 20 heavy (non-hydrogen) atoms. The van der Waals surface area contributed by atoms with Crippen molar-refractivity contribution in [2.45, 2.75) is 39.2 Å². The summed E-state index contributed by atoms with van der Waals surface area (Å²) in [4.78, 5) is 22.9. The van der Waals surface area contributed by atoms with Crippen LogP contribution in [0.25, 0.3) is 0 Å². The molecule has 2 amide bonds. The first-order valence-electron chi connectivity index (χ1n) is 6.96. The number of amides is 2. The highest BCUT2D eigenvalue weighted by Gasteiger charge is 2.20. The Morgan fingerprint density at radius 1 is 1.25 bits per heavy atom. The molecule has 0 radical (unpaired) electrons. The van der Waals surface area contributed by atoms with E-state index < -0.39 is 0 Å². The molecule has 0 aromatic heterocycles. The van der Waals surface area contributed by atoms with Gasteiger partial charge in [0.25, 0.3) is 0 Å². The van der Waals surface area contributed by atoms with Crippen LogP contribution in [-0.4, -0.2) is 24.4 Å². The minimum Gasteiger partial charge on any atom is -0.326 e. The molecule has 0 spiro atoms. The van der Waals surface area contributed by atoms with Gasteiger partial charge in [-0.05, 0) is 37.5 Å². The molecule has 108 valence electrons. The van der Waals surface area contributed by atoms with Crippen molar-refractivity contribution in [1.29, 1.82) is 0 Å². The molecule has 0 aliphatic heterocycles. The third-order valence-corrected chi connectivity index (χ3v) is 3.19. The average molecular weight is 275 g/mol. The fourth-order valence-electron chi connectivity index (χ4n) is 1.93. The van der Waals surface area contributed by atoms with E-state index in [1.165, 1.54) is 19.8 Å². The molecule has 3 N–H and O–H groups in total. The molecule has 1 fully saturated rings. The second-order valence-corrected chi connectivity index (χ2v) is 5.24. The Bertz CT molecular complexity index is 510. The Kier molecular flexibility index (Phi) is 4.74. The molecule has 0 saturated heterocycles. The minimum absolute atomic E-state index is 0.0128. The summed E-state index contributed by atoms with van der Waals surface area (Å²) in [6.45, 7) is 4.10. The molecule has 0 heterocycles. The van der Waals surface area contributed by atoms with Crippen molar-refractivity contribution >= 4 is 23.2 Å².